The number of carbonyl (C=O) groups excluding carboxylic acids is 2. The van der Waals surface area contributed by atoms with Gasteiger partial charge in [-0.2, -0.15) is 0 Å². The van der Waals surface area contributed by atoms with Crippen LogP contribution in [-0.2, 0) is 16.0 Å². The summed E-state index contributed by atoms with van der Waals surface area (Å²) >= 11 is 1.42. The fraction of sp³-hybridized carbons (Fsp3) is 0.524. The number of nitrogens with one attached hydrogen (secondary N) is 1. The van der Waals surface area contributed by atoms with Crippen molar-refractivity contribution >= 4 is 28.7 Å². The first-order chi connectivity index (χ1) is 13.7. The molecule has 1 aliphatic heterocycles. The van der Waals surface area contributed by atoms with Crippen LogP contribution in [0.5, 0.6) is 0 Å². The number of amides is 2. The molecule has 7 heteroatoms. The summed E-state index contributed by atoms with van der Waals surface area (Å²) in [4.78, 5) is 35.8. The first kappa shape index (κ1) is 19.2. The first-order valence-corrected chi connectivity index (χ1v) is 11.0. The molecule has 3 aliphatic rings. The fourth-order valence-corrected chi connectivity index (χ4v) is 4.25. The molecular weight excluding hydrogens is 372 g/mol. The molecule has 6 nitrogen and oxygen atoms in total. The van der Waals surface area contributed by atoms with Crippen LogP contribution in [0.2, 0.25) is 0 Å². The van der Waals surface area contributed by atoms with E-state index in [-0.39, 0.29) is 23.5 Å². The van der Waals surface area contributed by atoms with Gasteiger partial charge < -0.3 is 5.32 Å². The molecule has 4 rings (SSSR count). The minimum atomic E-state index is -0.373. The zero-order valence-electron chi connectivity index (χ0n) is 15.9. The molecule has 1 unspecified atom stereocenters. The lowest BCUT2D eigenvalue weighted by Crippen LogP contribution is -2.35. The summed E-state index contributed by atoms with van der Waals surface area (Å²) in [7, 11) is 0. The van der Waals surface area contributed by atoms with Crippen LogP contribution in [0.25, 0.3) is 0 Å². The van der Waals surface area contributed by atoms with Crippen molar-refractivity contribution in [2.75, 3.05) is 13.1 Å². The molecule has 2 heterocycles. The number of aromatic nitrogens is 1. The summed E-state index contributed by atoms with van der Waals surface area (Å²) in [6.07, 6.45) is 11.6. The maximum atomic E-state index is 12.9. The van der Waals surface area contributed by atoms with E-state index in [9.17, 15) is 9.59 Å². The fourth-order valence-electron chi connectivity index (χ4n) is 3.07. The van der Waals surface area contributed by atoms with Gasteiger partial charge >= 0.3 is 0 Å². The molecule has 1 saturated heterocycles. The Morgan fingerprint density at radius 2 is 2.18 bits per heavy atom. The SMILES string of the molecule is O=C(CC1SC(=NCCc2ccccn2)N(C/C=C/C2CC2)C1=O)NC1CC1. The number of hydrogen-bond acceptors (Lipinski definition) is 5. The molecule has 2 aliphatic carbocycles. The summed E-state index contributed by atoms with van der Waals surface area (Å²) in [5.41, 5.74) is 0.988. The molecule has 0 aromatic carbocycles. The van der Waals surface area contributed by atoms with Crippen LogP contribution in [0.4, 0.5) is 0 Å². The van der Waals surface area contributed by atoms with Crippen molar-refractivity contribution in [3.63, 3.8) is 0 Å². The van der Waals surface area contributed by atoms with Crippen molar-refractivity contribution in [2.45, 2.75) is 49.8 Å². The van der Waals surface area contributed by atoms with Crippen LogP contribution in [-0.4, -0.2) is 51.2 Å². The van der Waals surface area contributed by atoms with Gasteiger partial charge in [0.05, 0.1) is 0 Å². The van der Waals surface area contributed by atoms with Crippen LogP contribution >= 0.6 is 11.8 Å². The second-order valence-electron chi connectivity index (χ2n) is 7.60. The van der Waals surface area contributed by atoms with Crippen molar-refractivity contribution in [1.29, 1.82) is 0 Å². The number of rotatable bonds is 9. The van der Waals surface area contributed by atoms with Gasteiger partial charge in [-0.3, -0.25) is 24.5 Å². The molecule has 0 bridgehead atoms. The molecule has 2 saturated carbocycles. The Labute approximate surface area is 169 Å². The van der Waals surface area contributed by atoms with Crippen molar-refractivity contribution in [1.82, 2.24) is 15.2 Å². The van der Waals surface area contributed by atoms with Gasteiger partial charge in [-0.15, -0.1) is 0 Å². The van der Waals surface area contributed by atoms with Crippen molar-refractivity contribution in [3.05, 3.63) is 42.2 Å². The van der Waals surface area contributed by atoms with E-state index < -0.39 is 0 Å². The van der Waals surface area contributed by atoms with E-state index in [4.69, 9.17) is 0 Å². The third kappa shape index (κ3) is 5.44. The molecular formula is C21H26N4O2S. The van der Waals surface area contributed by atoms with Gasteiger partial charge in [0.1, 0.15) is 5.25 Å². The number of aliphatic imine (C=N–C) groups is 1. The Hall–Kier alpha value is -2.15. The smallest absolute Gasteiger partial charge is 0.242 e. The molecule has 1 N–H and O–H groups in total. The molecule has 0 spiro atoms. The van der Waals surface area contributed by atoms with Crippen molar-refractivity contribution in [2.24, 2.45) is 10.9 Å². The number of allylic oxidation sites excluding steroid dienone is 1. The predicted molar refractivity (Wildman–Crippen MR) is 111 cm³/mol. The summed E-state index contributed by atoms with van der Waals surface area (Å²) in [5.74, 6) is 0.638. The average Bonchev–Trinajstić information content (AvgIpc) is 3.60. The Morgan fingerprint density at radius 1 is 1.32 bits per heavy atom. The lowest BCUT2D eigenvalue weighted by molar-refractivity contribution is -0.129. The quantitative estimate of drug-likeness (QED) is 0.649. The van der Waals surface area contributed by atoms with E-state index in [1.807, 2.05) is 18.2 Å². The first-order valence-electron chi connectivity index (χ1n) is 10.1. The zero-order chi connectivity index (χ0) is 19.3. The maximum absolute atomic E-state index is 12.9. The van der Waals surface area contributed by atoms with Crippen LogP contribution in [0, 0.1) is 5.92 Å². The summed E-state index contributed by atoms with van der Waals surface area (Å²) in [6, 6.07) is 6.16. The number of carbonyl (C=O) groups is 2. The van der Waals surface area contributed by atoms with Crippen LogP contribution < -0.4 is 5.32 Å². The predicted octanol–water partition coefficient (Wildman–Crippen LogP) is 2.56. The minimum absolute atomic E-state index is 0.00650. The highest BCUT2D eigenvalue weighted by Crippen LogP contribution is 2.32. The van der Waals surface area contributed by atoms with E-state index >= 15 is 0 Å². The van der Waals surface area contributed by atoms with Gasteiger partial charge in [-0.05, 0) is 43.7 Å². The van der Waals surface area contributed by atoms with E-state index in [0.29, 0.717) is 25.0 Å². The standard InChI is InChI=1S/C21H26N4O2S/c26-19(24-17-8-9-17)14-18-20(27)25(13-3-4-15-6-7-15)21(28-18)23-12-10-16-5-1-2-11-22-16/h1-5,11,15,17-18H,6-10,12-14H2,(H,24,26)/b4-3+,23-21?. The number of hydrogen-bond donors (Lipinski definition) is 1. The lowest BCUT2D eigenvalue weighted by atomic mass is 10.2. The summed E-state index contributed by atoms with van der Waals surface area (Å²) < 4.78 is 0. The largest absolute Gasteiger partial charge is 0.353 e. The van der Waals surface area contributed by atoms with Gasteiger partial charge in [0.25, 0.3) is 0 Å². The lowest BCUT2D eigenvalue weighted by Gasteiger charge is -2.14. The van der Waals surface area contributed by atoms with Gasteiger partial charge in [-0.25, -0.2) is 0 Å². The van der Waals surface area contributed by atoms with Crippen molar-refractivity contribution in [3.8, 4) is 0 Å². The van der Waals surface area contributed by atoms with E-state index in [1.165, 1.54) is 24.6 Å². The monoisotopic (exact) mass is 398 g/mol. The third-order valence-electron chi connectivity index (χ3n) is 4.99. The van der Waals surface area contributed by atoms with Gasteiger partial charge in [0, 0.05) is 43.9 Å². The number of nitrogens with zero attached hydrogens (tertiary/aromatic N) is 3. The molecule has 1 aromatic heterocycles. The topological polar surface area (TPSA) is 74.7 Å². The van der Waals surface area contributed by atoms with Crippen molar-refractivity contribution < 1.29 is 9.59 Å². The molecule has 2 amide bonds. The average molecular weight is 399 g/mol. The third-order valence-corrected chi connectivity index (χ3v) is 6.21. The Kier molecular flexibility index (Phi) is 6.10. The molecule has 148 valence electrons. The Morgan fingerprint density at radius 3 is 2.89 bits per heavy atom. The zero-order valence-corrected chi connectivity index (χ0v) is 16.7. The van der Waals surface area contributed by atoms with Crippen LogP contribution in [0.1, 0.15) is 37.8 Å². The number of thioether (sulfide) groups is 1. The second-order valence-corrected chi connectivity index (χ2v) is 8.77. The normalized spacial score (nSPS) is 23.7. The molecule has 3 fully saturated rings. The van der Waals surface area contributed by atoms with Gasteiger partial charge in [0.15, 0.2) is 5.17 Å². The van der Waals surface area contributed by atoms with Gasteiger partial charge in [0.2, 0.25) is 11.8 Å². The summed E-state index contributed by atoms with van der Waals surface area (Å²) in [5, 5.41) is 3.33. The second kappa shape index (κ2) is 8.90. The maximum Gasteiger partial charge on any atom is 0.242 e. The molecule has 1 aromatic rings. The van der Waals surface area contributed by atoms with Crippen LogP contribution in [0.15, 0.2) is 41.5 Å². The Bertz CT molecular complexity index is 772. The Balaban J connectivity index is 1.38. The number of pyridine rings is 1. The number of amidine groups is 1. The van der Waals surface area contributed by atoms with E-state index in [2.05, 4.69) is 27.4 Å². The minimum Gasteiger partial charge on any atom is -0.353 e. The molecule has 1 atom stereocenters. The van der Waals surface area contributed by atoms with E-state index in [0.717, 1.165) is 30.1 Å². The highest BCUT2D eigenvalue weighted by molar-refractivity contribution is 8.15. The van der Waals surface area contributed by atoms with Gasteiger partial charge in [-0.1, -0.05) is 30.0 Å². The summed E-state index contributed by atoms with van der Waals surface area (Å²) in [6.45, 7) is 1.11. The highest BCUT2D eigenvalue weighted by Gasteiger charge is 2.39. The van der Waals surface area contributed by atoms with E-state index in [1.54, 1.807) is 11.1 Å². The highest BCUT2D eigenvalue weighted by atomic mass is 32.2. The van der Waals surface area contributed by atoms with Crippen LogP contribution in [0.3, 0.4) is 0 Å². The molecule has 28 heavy (non-hydrogen) atoms. The molecule has 0 radical (unpaired) electrons.